The predicted molar refractivity (Wildman–Crippen MR) is 121 cm³/mol. The molecule has 0 aromatic heterocycles. The van der Waals surface area contributed by atoms with Gasteiger partial charge >= 0.3 is 11.9 Å². The monoisotopic (exact) mass is 448 g/mol. The number of nitrogens with one attached hydrogen (secondary N) is 1. The summed E-state index contributed by atoms with van der Waals surface area (Å²) in [7, 11) is 0. The van der Waals surface area contributed by atoms with Gasteiger partial charge in [0.1, 0.15) is 13.2 Å². The molecule has 0 saturated carbocycles. The van der Waals surface area contributed by atoms with E-state index in [2.05, 4.69) is 5.32 Å². The molecule has 1 heterocycles. The Hall–Kier alpha value is -3.82. The zero-order chi connectivity index (χ0) is 22.8. The van der Waals surface area contributed by atoms with Crippen molar-refractivity contribution in [3.05, 3.63) is 100 Å². The van der Waals surface area contributed by atoms with E-state index in [4.69, 9.17) is 26.3 Å². The van der Waals surface area contributed by atoms with Crippen LogP contribution in [0.4, 0.5) is 0 Å². The molecule has 162 valence electrons. The predicted octanol–water partition coefficient (Wildman–Crippen LogP) is 4.51. The number of hydrogen-bond acceptors (Lipinski definition) is 6. The third-order valence-electron chi connectivity index (χ3n) is 4.62. The van der Waals surface area contributed by atoms with Gasteiger partial charge in [0.2, 0.25) is 0 Å². The van der Waals surface area contributed by atoms with Crippen LogP contribution < -0.4 is 5.32 Å². The summed E-state index contributed by atoms with van der Waals surface area (Å²) in [4.78, 5) is 25.6. The molecule has 1 N–H and O–H groups in total. The molecule has 0 spiro atoms. The van der Waals surface area contributed by atoms with Crippen LogP contribution in [0.2, 0.25) is 5.02 Å². The number of rotatable bonds is 8. The number of carbonyl (C=O) groups excluding carboxylic acids is 2. The van der Waals surface area contributed by atoms with Crippen molar-refractivity contribution in [1.29, 1.82) is 5.26 Å². The quantitative estimate of drug-likeness (QED) is 0.472. The van der Waals surface area contributed by atoms with Crippen LogP contribution in [0.1, 0.15) is 23.5 Å². The molecular formula is C25H21ClN2O4. The lowest BCUT2D eigenvalue weighted by Crippen LogP contribution is -2.27. The summed E-state index contributed by atoms with van der Waals surface area (Å²) in [5, 5.41) is 12.0. The molecule has 0 bridgehead atoms. The molecule has 3 rings (SSSR count). The second-order valence-electron chi connectivity index (χ2n) is 6.81. The van der Waals surface area contributed by atoms with Crippen molar-refractivity contribution in [3.63, 3.8) is 0 Å². The van der Waals surface area contributed by atoms with Gasteiger partial charge in [-0.05, 0) is 29.3 Å². The molecule has 1 aliphatic heterocycles. The molecule has 1 aliphatic rings. The maximum Gasteiger partial charge on any atom is 0.336 e. The van der Waals surface area contributed by atoms with Crippen LogP contribution in [0.25, 0.3) is 6.08 Å². The van der Waals surface area contributed by atoms with Gasteiger partial charge in [-0.2, -0.15) is 5.26 Å². The minimum absolute atomic E-state index is 0.0390. The van der Waals surface area contributed by atoms with E-state index in [1.54, 1.807) is 30.3 Å². The molecule has 0 aliphatic carbocycles. The van der Waals surface area contributed by atoms with Crippen LogP contribution in [-0.2, 0) is 19.1 Å². The second-order valence-corrected chi connectivity index (χ2v) is 7.25. The lowest BCUT2D eigenvalue weighted by atomic mass is 9.84. The van der Waals surface area contributed by atoms with Crippen LogP contribution in [0.5, 0.6) is 0 Å². The van der Waals surface area contributed by atoms with Crippen molar-refractivity contribution >= 4 is 29.6 Å². The van der Waals surface area contributed by atoms with Gasteiger partial charge < -0.3 is 14.8 Å². The Morgan fingerprint density at radius 1 is 1.03 bits per heavy atom. The van der Waals surface area contributed by atoms with Gasteiger partial charge in [0.15, 0.2) is 0 Å². The van der Waals surface area contributed by atoms with E-state index in [9.17, 15) is 9.59 Å². The zero-order valence-electron chi connectivity index (χ0n) is 17.2. The van der Waals surface area contributed by atoms with Crippen LogP contribution in [-0.4, -0.2) is 25.2 Å². The van der Waals surface area contributed by atoms with Gasteiger partial charge in [-0.25, -0.2) is 9.59 Å². The largest absolute Gasteiger partial charge is 0.461 e. The number of hydrogen-bond donors (Lipinski definition) is 1. The molecule has 0 radical (unpaired) electrons. The summed E-state index contributed by atoms with van der Waals surface area (Å²) in [5.41, 5.74) is 2.10. The molecule has 2 aromatic rings. The van der Waals surface area contributed by atoms with E-state index in [0.717, 1.165) is 5.56 Å². The van der Waals surface area contributed by atoms with Crippen LogP contribution in [0, 0.1) is 11.3 Å². The van der Waals surface area contributed by atoms with Gasteiger partial charge in [-0.3, -0.25) is 0 Å². The third-order valence-corrected chi connectivity index (χ3v) is 4.86. The first-order valence-corrected chi connectivity index (χ1v) is 10.3. The fourth-order valence-corrected chi connectivity index (χ4v) is 3.38. The summed E-state index contributed by atoms with van der Waals surface area (Å²) < 4.78 is 10.6. The van der Waals surface area contributed by atoms with Crippen molar-refractivity contribution in [2.45, 2.75) is 12.3 Å². The number of ether oxygens (including phenoxy) is 2. The van der Waals surface area contributed by atoms with E-state index in [0.29, 0.717) is 10.6 Å². The van der Waals surface area contributed by atoms with Gasteiger partial charge in [-0.1, -0.05) is 60.1 Å². The molecule has 7 heteroatoms. The van der Waals surface area contributed by atoms with Crippen molar-refractivity contribution in [1.82, 2.24) is 5.32 Å². The summed E-state index contributed by atoms with van der Waals surface area (Å²) >= 11 is 6.15. The number of halogens is 1. The zero-order valence-corrected chi connectivity index (χ0v) is 17.9. The average Bonchev–Trinajstić information content (AvgIpc) is 2.82. The number of esters is 2. The second kappa shape index (κ2) is 11.5. The molecule has 32 heavy (non-hydrogen) atoms. The lowest BCUT2D eigenvalue weighted by molar-refractivity contribution is -0.139. The average molecular weight is 449 g/mol. The van der Waals surface area contributed by atoms with E-state index >= 15 is 0 Å². The van der Waals surface area contributed by atoms with E-state index < -0.39 is 17.9 Å². The Morgan fingerprint density at radius 3 is 2.44 bits per heavy atom. The minimum atomic E-state index is -0.727. The smallest absolute Gasteiger partial charge is 0.336 e. The molecule has 2 aromatic carbocycles. The van der Waals surface area contributed by atoms with Crippen molar-refractivity contribution in [2.24, 2.45) is 0 Å². The number of benzene rings is 2. The highest BCUT2D eigenvalue weighted by Gasteiger charge is 2.34. The topological polar surface area (TPSA) is 88.4 Å². The summed E-state index contributed by atoms with van der Waals surface area (Å²) in [6, 6.07) is 18.5. The van der Waals surface area contributed by atoms with Crippen molar-refractivity contribution < 1.29 is 19.1 Å². The minimum Gasteiger partial charge on any atom is -0.461 e. The molecule has 6 nitrogen and oxygen atoms in total. The highest BCUT2D eigenvalue weighted by atomic mass is 35.5. The van der Waals surface area contributed by atoms with E-state index in [-0.39, 0.29) is 30.8 Å². The highest BCUT2D eigenvalue weighted by molar-refractivity contribution is 6.30. The van der Waals surface area contributed by atoms with Gasteiger partial charge in [-0.15, -0.1) is 0 Å². The normalized spacial score (nSPS) is 15.2. The maximum absolute atomic E-state index is 12.9. The molecular weight excluding hydrogens is 428 g/mol. The number of carbonyl (C=O) groups is 2. The Labute approximate surface area is 191 Å². The summed E-state index contributed by atoms with van der Waals surface area (Å²) in [6.07, 6.45) is 6.65. The molecule has 0 saturated heterocycles. The fraction of sp³-hybridized carbons (Fsp3) is 0.160. The standard InChI is InChI=1S/C25H21ClN2O4/c26-20-11-4-10-19(15-20)23-21(16-28-17-22(23)25(30)32-14-6-12-27)24(29)31-13-5-9-18-7-2-1-3-8-18/h1-5,7-11,15-17,23,28H,6,13-14H2. The number of nitriles is 1. The van der Waals surface area contributed by atoms with Crippen LogP contribution >= 0.6 is 11.6 Å². The van der Waals surface area contributed by atoms with Crippen molar-refractivity contribution in [3.8, 4) is 6.07 Å². The molecule has 1 unspecified atom stereocenters. The van der Waals surface area contributed by atoms with Gasteiger partial charge in [0, 0.05) is 17.4 Å². The van der Waals surface area contributed by atoms with E-state index in [1.165, 1.54) is 12.4 Å². The maximum atomic E-state index is 12.9. The third kappa shape index (κ3) is 6.10. The lowest BCUT2D eigenvalue weighted by Gasteiger charge is -2.25. The Morgan fingerprint density at radius 2 is 1.75 bits per heavy atom. The van der Waals surface area contributed by atoms with Crippen LogP contribution in [0.3, 0.4) is 0 Å². The summed E-state index contributed by atoms with van der Waals surface area (Å²) in [6.45, 7) is 0.0295. The number of dihydropyridines is 1. The first kappa shape index (κ1) is 22.9. The first-order valence-electron chi connectivity index (χ1n) is 9.94. The Kier molecular flexibility index (Phi) is 8.24. The Balaban J connectivity index is 1.77. The van der Waals surface area contributed by atoms with Gasteiger partial charge in [0.25, 0.3) is 0 Å². The molecule has 0 amide bonds. The number of nitrogens with zero attached hydrogens (tertiary/aromatic N) is 1. The fourth-order valence-electron chi connectivity index (χ4n) is 3.18. The Bertz CT molecular complexity index is 1100. The molecule has 0 fully saturated rings. The van der Waals surface area contributed by atoms with E-state index in [1.807, 2.05) is 42.5 Å². The SMILES string of the molecule is N#CCCOC(=O)C1=CNC=C(C(=O)OCC=Cc2ccccc2)C1c1cccc(Cl)c1. The first-order chi connectivity index (χ1) is 15.6. The summed E-state index contributed by atoms with van der Waals surface area (Å²) in [5.74, 6) is -1.93. The van der Waals surface area contributed by atoms with Crippen LogP contribution in [0.15, 0.2) is 84.2 Å². The van der Waals surface area contributed by atoms with Crippen molar-refractivity contribution in [2.75, 3.05) is 13.2 Å². The molecule has 1 atom stereocenters. The highest BCUT2D eigenvalue weighted by Crippen LogP contribution is 2.36. The van der Waals surface area contributed by atoms with Gasteiger partial charge in [0.05, 0.1) is 29.6 Å².